The highest BCUT2D eigenvalue weighted by Gasteiger charge is 2.50. The van der Waals surface area contributed by atoms with Crippen LogP contribution in [0.2, 0.25) is 0 Å². The molecule has 0 aromatic heterocycles. The quantitative estimate of drug-likeness (QED) is 0.783. The third-order valence-electron chi connectivity index (χ3n) is 4.40. The smallest absolute Gasteiger partial charge is 0.309 e. The topological polar surface area (TPSA) is 43.4 Å². The van der Waals surface area contributed by atoms with Crippen molar-refractivity contribution >= 4 is 11.8 Å². The van der Waals surface area contributed by atoms with Crippen LogP contribution in [-0.2, 0) is 20.9 Å². The highest BCUT2D eigenvalue weighted by Crippen LogP contribution is 2.53. The van der Waals surface area contributed by atoms with E-state index < -0.39 is 0 Å². The summed E-state index contributed by atoms with van der Waals surface area (Å²) in [7, 11) is 0. The number of hydrogen-bond acceptors (Lipinski definition) is 3. The minimum absolute atomic E-state index is 0.00295. The highest BCUT2D eigenvalue weighted by atomic mass is 16.5. The summed E-state index contributed by atoms with van der Waals surface area (Å²) in [4.78, 5) is 23.2. The zero-order valence-corrected chi connectivity index (χ0v) is 10.9. The average molecular weight is 258 g/mol. The molecule has 19 heavy (non-hydrogen) atoms. The van der Waals surface area contributed by atoms with Crippen LogP contribution in [0.15, 0.2) is 30.3 Å². The molecule has 1 aromatic carbocycles. The Morgan fingerprint density at radius 1 is 1.26 bits per heavy atom. The molecule has 2 fully saturated rings. The SMILES string of the molecule is O=C1CC2(CCC(C(=O)OCc3ccccc3)C2)C1. The molecule has 2 saturated carbocycles. The summed E-state index contributed by atoms with van der Waals surface area (Å²) in [6.45, 7) is 0.349. The van der Waals surface area contributed by atoms with E-state index in [-0.39, 0.29) is 17.3 Å². The van der Waals surface area contributed by atoms with Gasteiger partial charge < -0.3 is 4.74 Å². The Labute approximate surface area is 113 Å². The van der Waals surface area contributed by atoms with Crippen LogP contribution in [0.3, 0.4) is 0 Å². The molecule has 3 heteroatoms. The molecule has 1 atom stereocenters. The molecule has 1 aromatic rings. The molecule has 1 unspecified atom stereocenters. The summed E-state index contributed by atoms with van der Waals surface area (Å²) in [5, 5.41) is 0. The van der Waals surface area contributed by atoms with Gasteiger partial charge in [-0.15, -0.1) is 0 Å². The van der Waals surface area contributed by atoms with E-state index >= 15 is 0 Å². The van der Waals surface area contributed by atoms with E-state index in [0.717, 1.165) is 24.8 Å². The van der Waals surface area contributed by atoms with Crippen LogP contribution in [0.5, 0.6) is 0 Å². The van der Waals surface area contributed by atoms with Crippen molar-refractivity contribution in [1.29, 1.82) is 0 Å². The zero-order valence-electron chi connectivity index (χ0n) is 10.9. The maximum atomic E-state index is 12.0. The number of rotatable bonds is 3. The van der Waals surface area contributed by atoms with Gasteiger partial charge in [0.2, 0.25) is 0 Å². The number of carbonyl (C=O) groups excluding carboxylic acids is 2. The van der Waals surface area contributed by atoms with Gasteiger partial charge in [-0.1, -0.05) is 30.3 Å². The predicted molar refractivity (Wildman–Crippen MR) is 70.3 cm³/mol. The molecule has 1 spiro atoms. The lowest BCUT2D eigenvalue weighted by molar-refractivity contribution is -0.150. The molecular weight excluding hydrogens is 240 g/mol. The minimum atomic E-state index is -0.0972. The van der Waals surface area contributed by atoms with E-state index in [2.05, 4.69) is 0 Å². The fourth-order valence-corrected chi connectivity index (χ4v) is 3.36. The fraction of sp³-hybridized carbons (Fsp3) is 0.500. The van der Waals surface area contributed by atoms with Gasteiger partial charge in [0.15, 0.2) is 0 Å². The summed E-state index contributed by atoms with van der Waals surface area (Å²) in [5.41, 5.74) is 1.16. The van der Waals surface area contributed by atoms with Crippen LogP contribution < -0.4 is 0 Å². The van der Waals surface area contributed by atoms with Crippen LogP contribution in [-0.4, -0.2) is 11.8 Å². The molecule has 3 rings (SSSR count). The van der Waals surface area contributed by atoms with Gasteiger partial charge in [-0.2, -0.15) is 0 Å². The molecule has 0 bridgehead atoms. The maximum absolute atomic E-state index is 12.0. The van der Waals surface area contributed by atoms with E-state index in [4.69, 9.17) is 4.74 Å². The molecular formula is C16H18O3. The van der Waals surface area contributed by atoms with Crippen molar-refractivity contribution in [2.45, 2.75) is 38.7 Å². The van der Waals surface area contributed by atoms with Crippen LogP contribution in [0.1, 0.15) is 37.7 Å². The second-order valence-electron chi connectivity index (χ2n) is 5.93. The number of Topliss-reactive ketones (excluding diaryl/α,β-unsaturated/α-hetero) is 1. The lowest BCUT2D eigenvalue weighted by Gasteiger charge is -2.36. The number of esters is 1. The second kappa shape index (κ2) is 4.80. The lowest BCUT2D eigenvalue weighted by Crippen LogP contribution is -2.35. The van der Waals surface area contributed by atoms with E-state index in [0.29, 0.717) is 25.2 Å². The van der Waals surface area contributed by atoms with Gasteiger partial charge in [0.1, 0.15) is 12.4 Å². The van der Waals surface area contributed by atoms with Crippen LogP contribution in [0, 0.1) is 11.3 Å². The molecule has 3 nitrogen and oxygen atoms in total. The summed E-state index contributed by atoms with van der Waals surface area (Å²) in [6, 6.07) is 9.73. The van der Waals surface area contributed by atoms with E-state index in [1.807, 2.05) is 30.3 Å². The van der Waals surface area contributed by atoms with Gasteiger partial charge in [-0.05, 0) is 30.2 Å². The first-order valence-electron chi connectivity index (χ1n) is 6.89. The monoisotopic (exact) mass is 258 g/mol. The van der Waals surface area contributed by atoms with Gasteiger partial charge in [-0.3, -0.25) is 9.59 Å². The molecule has 0 N–H and O–H groups in total. The number of ether oxygens (including phenoxy) is 1. The van der Waals surface area contributed by atoms with Crippen LogP contribution >= 0.6 is 0 Å². The number of benzene rings is 1. The standard InChI is InChI=1S/C16H18O3/c17-14-9-16(10-14)7-6-13(8-16)15(18)19-11-12-4-2-1-3-5-12/h1-5,13H,6-11H2. The first kappa shape index (κ1) is 12.4. The lowest BCUT2D eigenvalue weighted by atomic mass is 9.66. The highest BCUT2D eigenvalue weighted by molar-refractivity contribution is 5.86. The second-order valence-corrected chi connectivity index (χ2v) is 5.93. The number of ketones is 1. The molecule has 0 aliphatic heterocycles. The van der Waals surface area contributed by atoms with E-state index in [9.17, 15) is 9.59 Å². The van der Waals surface area contributed by atoms with E-state index in [1.54, 1.807) is 0 Å². The third-order valence-corrected chi connectivity index (χ3v) is 4.40. The normalized spacial score (nSPS) is 24.2. The Balaban J connectivity index is 1.50. The van der Waals surface area contributed by atoms with Gasteiger partial charge in [-0.25, -0.2) is 0 Å². The van der Waals surface area contributed by atoms with Crippen molar-refractivity contribution in [3.05, 3.63) is 35.9 Å². The van der Waals surface area contributed by atoms with Gasteiger partial charge in [0, 0.05) is 12.8 Å². The Morgan fingerprint density at radius 2 is 2.00 bits per heavy atom. The van der Waals surface area contributed by atoms with Crippen molar-refractivity contribution in [3.8, 4) is 0 Å². The molecule has 0 saturated heterocycles. The van der Waals surface area contributed by atoms with Crippen molar-refractivity contribution < 1.29 is 14.3 Å². The Bertz CT molecular complexity index is 484. The predicted octanol–water partition coefficient (Wildman–Crippen LogP) is 2.88. The summed E-state index contributed by atoms with van der Waals surface area (Å²) < 4.78 is 5.38. The molecule has 0 radical (unpaired) electrons. The maximum Gasteiger partial charge on any atom is 0.309 e. The Morgan fingerprint density at radius 3 is 2.68 bits per heavy atom. The molecule has 0 heterocycles. The number of carbonyl (C=O) groups is 2. The number of hydrogen-bond donors (Lipinski definition) is 0. The Hall–Kier alpha value is -1.64. The van der Waals surface area contributed by atoms with Crippen molar-refractivity contribution in [2.24, 2.45) is 11.3 Å². The molecule has 2 aliphatic carbocycles. The first-order valence-corrected chi connectivity index (χ1v) is 6.89. The fourth-order valence-electron chi connectivity index (χ4n) is 3.36. The largest absolute Gasteiger partial charge is 0.461 e. The van der Waals surface area contributed by atoms with Gasteiger partial charge >= 0.3 is 5.97 Å². The first-order chi connectivity index (χ1) is 9.17. The third kappa shape index (κ3) is 2.55. The van der Waals surface area contributed by atoms with Crippen molar-refractivity contribution in [1.82, 2.24) is 0 Å². The van der Waals surface area contributed by atoms with E-state index in [1.165, 1.54) is 0 Å². The molecule has 100 valence electrons. The van der Waals surface area contributed by atoms with Crippen LogP contribution in [0.4, 0.5) is 0 Å². The summed E-state index contributed by atoms with van der Waals surface area (Å²) in [5.74, 6) is 0.246. The zero-order chi connectivity index (χ0) is 13.3. The van der Waals surface area contributed by atoms with Crippen LogP contribution in [0.25, 0.3) is 0 Å². The summed E-state index contributed by atoms with van der Waals surface area (Å²) in [6.07, 6.45) is 4.07. The molecule has 0 amide bonds. The summed E-state index contributed by atoms with van der Waals surface area (Å²) >= 11 is 0. The Kier molecular flexibility index (Phi) is 3.13. The molecule has 2 aliphatic rings. The van der Waals surface area contributed by atoms with Crippen molar-refractivity contribution in [2.75, 3.05) is 0 Å². The van der Waals surface area contributed by atoms with Gasteiger partial charge in [0.05, 0.1) is 5.92 Å². The van der Waals surface area contributed by atoms with Gasteiger partial charge in [0.25, 0.3) is 0 Å². The minimum Gasteiger partial charge on any atom is -0.461 e. The van der Waals surface area contributed by atoms with Crippen molar-refractivity contribution in [3.63, 3.8) is 0 Å². The average Bonchev–Trinajstić information content (AvgIpc) is 2.82.